The molecule has 0 saturated carbocycles. The van der Waals surface area contributed by atoms with E-state index in [1.165, 1.54) is 0 Å². The van der Waals surface area contributed by atoms with Crippen LogP contribution < -0.4 is 10.2 Å². The number of piperazine rings is 1. The average molecular weight is 459 g/mol. The van der Waals surface area contributed by atoms with Crippen molar-refractivity contribution in [3.05, 3.63) is 28.0 Å². The normalized spacial score (nSPS) is 21.0. The van der Waals surface area contributed by atoms with E-state index in [1.807, 2.05) is 12.1 Å². The first-order chi connectivity index (χ1) is 15.1. The molecule has 9 nitrogen and oxygen atoms in total. The van der Waals surface area contributed by atoms with Gasteiger partial charge in [0, 0.05) is 37.8 Å². The number of benzene rings is 1. The van der Waals surface area contributed by atoms with E-state index in [0.29, 0.717) is 61.3 Å². The molecule has 2 atom stereocenters. The highest BCUT2D eigenvalue weighted by molar-refractivity contribution is 6.43. The Morgan fingerprint density at radius 2 is 1.94 bits per heavy atom. The molecule has 6 rings (SSSR count). The lowest BCUT2D eigenvalue weighted by Crippen LogP contribution is -2.52. The molecule has 3 aromatic heterocycles. The zero-order valence-electron chi connectivity index (χ0n) is 16.7. The Balaban J connectivity index is 1.52. The van der Waals surface area contributed by atoms with Crippen molar-refractivity contribution in [2.24, 2.45) is 7.05 Å². The molecule has 5 heterocycles. The number of aromatic nitrogens is 6. The lowest BCUT2D eigenvalue weighted by atomic mass is 10.1. The Morgan fingerprint density at radius 1 is 1.16 bits per heavy atom. The number of fused-ring (bicyclic) bond motifs is 4. The third kappa shape index (κ3) is 2.77. The molecule has 31 heavy (non-hydrogen) atoms. The number of rotatable bonds is 3. The van der Waals surface area contributed by atoms with E-state index >= 15 is 0 Å². The second-order valence-corrected chi connectivity index (χ2v) is 8.84. The molecule has 1 aromatic carbocycles. The maximum Gasteiger partial charge on any atom is 0.177 e. The molecule has 0 aliphatic carbocycles. The van der Waals surface area contributed by atoms with Crippen LogP contribution in [0.2, 0.25) is 10.2 Å². The highest BCUT2D eigenvalue weighted by Crippen LogP contribution is 2.40. The molecule has 2 unspecified atom stereocenters. The summed E-state index contributed by atoms with van der Waals surface area (Å²) in [5.41, 5.74) is 3.64. The van der Waals surface area contributed by atoms with Gasteiger partial charge in [-0.1, -0.05) is 23.2 Å². The van der Waals surface area contributed by atoms with Crippen molar-refractivity contribution in [1.82, 2.24) is 35.3 Å². The number of nitrogens with zero attached hydrogens (tertiary/aromatic N) is 6. The fourth-order valence-corrected chi connectivity index (χ4v) is 5.50. The summed E-state index contributed by atoms with van der Waals surface area (Å²) in [7, 11) is 1.77. The van der Waals surface area contributed by atoms with Gasteiger partial charge in [-0.15, -0.1) is 0 Å². The predicted octanol–water partition coefficient (Wildman–Crippen LogP) is 2.65. The predicted molar refractivity (Wildman–Crippen MR) is 119 cm³/mol. The van der Waals surface area contributed by atoms with Crippen LogP contribution in [0.25, 0.3) is 33.3 Å². The first-order valence-corrected chi connectivity index (χ1v) is 11.0. The third-order valence-electron chi connectivity index (χ3n) is 6.34. The molecular weight excluding hydrogens is 439 g/mol. The Hall–Kier alpha value is -2.46. The topological polar surface area (TPSA) is 108 Å². The summed E-state index contributed by atoms with van der Waals surface area (Å²) >= 11 is 13.1. The van der Waals surface area contributed by atoms with Crippen LogP contribution in [0, 0.1) is 0 Å². The van der Waals surface area contributed by atoms with Crippen LogP contribution in [0.15, 0.2) is 12.1 Å². The van der Waals surface area contributed by atoms with E-state index in [0.717, 1.165) is 31.7 Å². The van der Waals surface area contributed by atoms with E-state index in [2.05, 4.69) is 25.5 Å². The first kappa shape index (κ1) is 19.2. The number of aliphatic hydroxyl groups is 1. The number of aliphatic hydroxyl groups excluding tert-OH is 1. The van der Waals surface area contributed by atoms with Crippen molar-refractivity contribution in [3.8, 4) is 11.3 Å². The number of aromatic amines is 1. The van der Waals surface area contributed by atoms with Gasteiger partial charge in [-0.05, 0) is 25.0 Å². The van der Waals surface area contributed by atoms with Crippen molar-refractivity contribution in [2.45, 2.75) is 31.5 Å². The van der Waals surface area contributed by atoms with Crippen molar-refractivity contribution >= 4 is 51.1 Å². The molecule has 4 aromatic rings. The highest BCUT2D eigenvalue weighted by atomic mass is 35.5. The van der Waals surface area contributed by atoms with Crippen LogP contribution in [-0.2, 0) is 13.7 Å². The second-order valence-electron chi connectivity index (χ2n) is 8.11. The monoisotopic (exact) mass is 458 g/mol. The number of hydrogen-bond acceptors (Lipinski definition) is 7. The summed E-state index contributed by atoms with van der Waals surface area (Å²) in [5, 5.41) is 27.0. The van der Waals surface area contributed by atoms with Crippen LogP contribution in [0.5, 0.6) is 0 Å². The van der Waals surface area contributed by atoms with Crippen molar-refractivity contribution in [2.75, 3.05) is 18.0 Å². The standard InChI is InChI=1S/C20H20Cl2N8O/c1-29-18(22)14-12(28-29)5-4-11(15(14)21)16-17-19(27-26-16)25-20(13(8-31)24-17)30-9-2-3-10(30)7-23-6-9/h4-5,9-10,23,31H,2-3,6-8H2,1H3,(H,25,26,27). The van der Waals surface area contributed by atoms with Gasteiger partial charge in [-0.2, -0.15) is 10.2 Å². The van der Waals surface area contributed by atoms with Gasteiger partial charge in [0.25, 0.3) is 0 Å². The van der Waals surface area contributed by atoms with Crippen molar-refractivity contribution in [3.63, 3.8) is 0 Å². The van der Waals surface area contributed by atoms with Crippen LogP contribution in [-0.4, -0.2) is 60.2 Å². The van der Waals surface area contributed by atoms with Crippen LogP contribution in [0.3, 0.4) is 0 Å². The van der Waals surface area contributed by atoms with E-state index in [4.69, 9.17) is 33.2 Å². The van der Waals surface area contributed by atoms with Crippen molar-refractivity contribution < 1.29 is 5.11 Å². The smallest absolute Gasteiger partial charge is 0.177 e. The van der Waals surface area contributed by atoms with Gasteiger partial charge < -0.3 is 15.3 Å². The summed E-state index contributed by atoms with van der Waals surface area (Å²) in [6.07, 6.45) is 2.22. The summed E-state index contributed by atoms with van der Waals surface area (Å²) in [4.78, 5) is 11.9. The summed E-state index contributed by atoms with van der Waals surface area (Å²) in [6, 6.07) is 4.44. The van der Waals surface area contributed by atoms with Gasteiger partial charge >= 0.3 is 0 Å². The maximum atomic E-state index is 10.1. The lowest BCUT2D eigenvalue weighted by molar-refractivity contribution is 0.276. The maximum absolute atomic E-state index is 10.1. The Bertz CT molecular complexity index is 1320. The molecule has 160 valence electrons. The fourth-order valence-electron chi connectivity index (χ4n) is 4.89. The number of anilines is 1. The van der Waals surface area contributed by atoms with Crippen LogP contribution in [0.1, 0.15) is 18.5 Å². The summed E-state index contributed by atoms with van der Waals surface area (Å²) in [5.74, 6) is 0.732. The SMILES string of the molecule is Cn1nc2ccc(-c3n[nH]c4nc(N5C6CCC5CNC6)c(CO)nc34)c(Cl)c2c1Cl. The van der Waals surface area contributed by atoms with Gasteiger partial charge in [0.15, 0.2) is 11.5 Å². The quantitative estimate of drug-likeness (QED) is 0.432. The van der Waals surface area contributed by atoms with E-state index in [1.54, 1.807) is 11.7 Å². The average Bonchev–Trinajstić information content (AvgIpc) is 3.39. The van der Waals surface area contributed by atoms with Crippen LogP contribution in [0.4, 0.5) is 5.82 Å². The van der Waals surface area contributed by atoms with Crippen LogP contribution >= 0.6 is 23.2 Å². The largest absolute Gasteiger partial charge is 0.390 e. The zero-order chi connectivity index (χ0) is 21.3. The Morgan fingerprint density at radius 3 is 2.68 bits per heavy atom. The molecule has 2 saturated heterocycles. The zero-order valence-corrected chi connectivity index (χ0v) is 18.2. The van der Waals surface area contributed by atoms with E-state index in [9.17, 15) is 5.11 Å². The minimum absolute atomic E-state index is 0.201. The molecule has 3 N–H and O–H groups in total. The summed E-state index contributed by atoms with van der Waals surface area (Å²) < 4.78 is 1.59. The third-order valence-corrected chi connectivity index (χ3v) is 7.17. The van der Waals surface area contributed by atoms with Gasteiger partial charge in [0.1, 0.15) is 22.1 Å². The minimum Gasteiger partial charge on any atom is -0.390 e. The molecule has 0 spiro atoms. The number of aryl methyl sites for hydroxylation is 1. The number of halogens is 2. The fraction of sp³-hybridized carbons (Fsp3) is 0.400. The molecule has 2 bridgehead atoms. The number of hydrogen-bond donors (Lipinski definition) is 3. The molecule has 2 aliphatic rings. The van der Waals surface area contributed by atoms with Gasteiger partial charge in [-0.25, -0.2) is 9.97 Å². The van der Waals surface area contributed by atoms with E-state index in [-0.39, 0.29) is 6.61 Å². The minimum atomic E-state index is -0.201. The van der Waals surface area contributed by atoms with Gasteiger partial charge in [-0.3, -0.25) is 9.78 Å². The molecular formula is C20H20Cl2N8O. The molecule has 11 heteroatoms. The van der Waals surface area contributed by atoms with Crippen molar-refractivity contribution in [1.29, 1.82) is 0 Å². The van der Waals surface area contributed by atoms with Gasteiger partial charge in [0.2, 0.25) is 0 Å². The Kier molecular flexibility index (Phi) is 4.36. The molecule has 2 aliphatic heterocycles. The number of H-pyrrole nitrogens is 1. The summed E-state index contributed by atoms with van der Waals surface area (Å²) in [6.45, 7) is 1.63. The van der Waals surface area contributed by atoms with E-state index < -0.39 is 0 Å². The highest BCUT2D eigenvalue weighted by Gasteiger charge is 2.39. The van der Waals surface area contributed by atoms with Gasteiger partial charge in [0.05, 0.1) is 22.5 Å². The molecule has 0 amide bonds. The second kappa shape index (κ2) is 7.03. The molecule has 0 radical (unpaired) electrons. The Labute approximate surface area is 187 Å². The lowest BCUT2D eigenvalue weighted by Gasteiger charge is -2.36. The number of nitrogens with one attached hydrogen (secondary N) is 2. The first-order valence-electron chi connectivity index (χ1n) is 10.2. The molecule has 2 fully saturated rings.